The first-order chi connectivity index (χ1) is 14.0. The number of ether oxygens (including phenoxy) is 2. The van der Waals surface area contributed by atoms with E-state index in [4.69, 9.17) is 14.9 Å². The number of alkyl halides is 2. The minimum absolute atomic E-state index is 0.127. The average molecular weight is 423 g/mol. The zero-order valence-corrected chi connectivity index (χ0v) is 17.3. The third kappa shape index (κ3) is 5.33. The van der Waals surface area contributed by atoms with Gasteiger partial charge in [-0.05, 0) is 36.5 Å². The summed E-state index contributed by atoms with van der Waals surface area (Å²) in [5.41, 5.74) is 0.517. The Morgan fingerprint density at radius 2 is 2.03 bits per heavy atom. The number of carbonyl (C=O) groups is 2. The van der Waals surface area contributed by atoms with Gasteiger partial charge in [-0.1, -0.05) is 13.0 Å². The first kappa shape index (κ1) is 22.1. The van der Waals surface area contributed by atoms with Crippen LogP contribution in [0.1, 0.15) is 55.5 Å². The van der Waals surface area contributed by atoms with E-state index in [0.717, 1.165) is 25.3 Å². The van der Waals surface area contributed by atoms with Crippen LogP contribution in [0.5, 0.6) is 5.75 Å². The van der Waals surface area contributed by atoms with Gasteiger partial charge in [0.2, 0.25) is 5.91 Å². The van der Waals surface area contributed by atoms with Crippen molar-refractivity contribution in [3.05, 3.63) is 29.3 Å². The maximum Gasteiger partial charge on any atom is 0.278 e. The largest absolute Gasteiger partial charge is 0.487 e. The van der Waals surface area contributed by atoms with Crippen LogP contribution in [0, 0.1) is 10.8 Å². The molecule has 164 valence electrons. The number of halogens is 2. The molecule has 0 radical (unpaired) electrons. The number of amidine groups is 1. The van der Waals surface area contributed by atoms with E-state index in [1.807, 2.05) is 6.92 Å². The molecule has 0 bridgehead atoms. The quantitative estimate of drug-likeness (QED) is 0.442. The first-order valence-electron chi connectivity index (χ1n) is 9.88. The van der Waals surface area contributed by atoms with Gasteiger partial charge >= 0.3 is 0 Å². The Balaban J connectivity index is 1.80. The highest BCUT2D eigenvalue weighted by Crippen LogP contribution is 2.44. The minimum Gasteiger partial charge on any atom is -0.487 e. The normalized spacial score (nSPS) is 18.7. The van der Waals surface area contributed by atoms with Crippen LogP contribution < -0.4 is 15.4 Å². The van der Waals surface area contributed by atoms with Gasteiger partial charge < -0.3 is 20.1 Å². The summed E-state index contributed by atoms with van der Waals surface area (Å²) in [5.74, 6) is -3.48. The Morgan fingerprint density at radius 3 is 2.53 bits per heavy atom. The lowest BCUT2D eigenvalue weighted by molar-refractivity contribution is -0.118. The van der Waals surface area contributed by atoms with Gasteiger partial charge in [0, 0.05) is 24.8 Å². The number of rotatable bonds is 8. The predicted octanol–water partition coefficient (Wildman–Crippen LogP) is 2.85. The molecular formula is C21H27F2N3O4. The summed E-state index contributed by atoms with van der Waals surface area (Å²) in [6, 6.07) is 4.06. The van der Waals surface area contributed by atoms with E-state index in [1.54, 1.807) is 12.1 Å². The molecule has 1 aromatic carbocycles. The molecule has 2 fully saturated rings. The predicted molar refractivity (Wildman–Crippen MR) is 106 cm³/mol. The molecule has 1 aromatic rings. The van der Waals surface area contributed by atoms with Crippen LogP contribution >= 0.6 is 0 Å². The topological polar surface area (TPSA) is 101 Å². The van der Waals surface area contributed by atoms with Crippen LogP contribution in [0.15, 0.2) is 18.2 Å². The molecule has 1 saturated carbocycles. The van der Waals surface area contributed by atoms with E-state index >= 15 is 0 Å². The lowest BCUT2D eigenvalue weighted by Crippen LogP contribution is -2.62. The van der Waals surface area contributed by atoms with Crippen LogP contribution in [0.2, 0.25) is 0 Å². The van der Waals surface area contributed by atoms with Crippen molar-refractivity contribution in [2.45, 2.75) is 51.5 Å². The van der Waals surface area contributed by atoms with Gasteiger partial charge in [-0.3, -0.25) is 15.0 Å². The first-order valence-corrected chi connectivity index (χ1v) is 9.88. The maximum atomic E-state index is 13.3. The van der Waals surface area contributed by atoms with Crippen molar-refractivity contribution in [2.75, 3.05) is 19.8 Å². The second-order valence-corrected chi connectivity index (χ2v) is 8.53. The number of benzene rings is 1. The summed E-state index contributed by atoms with van der Waals surface area (Å²) < 4.78 is 37.2. The highest BCUT2D eigenvalue weighted by atomic mass is 19.3. The summed E-state index contributed by atoms with van der Waals surface area (Å²) in [7, 11) is 0. The molecule has 7 nitrogen and oxygen atoms in total. The van der Waals surface area contributed by atoms with Crippen molar-refractivity contribution < 1.29 is 27.8 Å². The van der Waals surface area contributed by atoms with Crippen LogP contribution in [-0.4, -0.2) is 49.4 Å². The molecular weight excluding hydrogens is 396 g/mol. The van der Waals surface area contributed by atoms with E-state index in [0.29, 0.717) is 13.2 Å². The molecule has 0 spiro atoms. The average Bonchev–Trinajstić information content (AvgIpc) is 3.46. The van der Waals surface area contributed by atoms with Crippen LogP contribution in [-0.2, 0) is 9.53 Å². The fraction of sp³-hybridized carbons (Fsp3) is 0.571. The maximum absolute atomic E-state index is 13.3. The van der Waals surface area contributed by atoms with Gasteiger partial charge in [-0.15, -0.1) is 0 Å². The fourth-order valence-electron chi connectivity index (χ4n) is 3.40. The van der Waals surface area contributed by atoms with E-state index in [1.165, 1.54) is 13.0 Å². The third-order valence-electron chi connectivity index (χ3n) is 5.21. The highest BCUT2D eigenvalue weighted by Gasteiger charge is 2.45. The van der Waals surface area contributed by atoms with E-state index in [-0.39, 0.29) is 23.1 Å². The van der Waals surface area contributed by atoms with Gasteiger partial charge in [-0.25, -0.2) is 8.78 Å². The number of nitrogens with one attached hydrogen (secondary N) is 3. The zero-order chi connectivity index (χ0) is 22.1. The van der Waals surface area contributed by atoms with Gasteiger partial charge in [0.1, 0.15) is 11.6 Å². The van der Waals surface area contributed by atoms with Crippen molar-refractivity contribution in [3.63, 3.8) is 0 Å². The Labute approximate surface area is 174 Å². The second kappa shape index (κ2) is 8.29. The lowest BCUT2D eigenvalue weighted by atomic mass is 9.79. The van der Waals surface area contributed by atoms with E-state index < -0.39 is 35.8 Å². The number of hydrogen-bond acceptors (Lipinski definition) is 5. The molecule has 9 heteroatoms. The van der Waals surface area contributed by atoms with Gasteiger partial charge in [0.15, 0.2) is 6.61 Å². The number of amides is 2. The zero-order valence-electron chi connectivity index (χ0n) is 17.3. The van der Waals surface area contributed by atoms with Crippen LogP contribution in [0.4, 0.5) is 8.78 Å². The molecule has 1 saturated heterocycles. The molecule has 1 unspecified atom stereocenters. The molecule has 0 aromatic heterocycles. The molecule has 30 heavy (non-hydrogen) atoms. The van der Waals surface area contributed by atoms with Crippen molar-refractivity contribution in [1.29, 1.82) is 5.41 Å². The van der Waals surface area contributed by atoms with Crippen LogP contribution in [0.25, 0.3) is 0 Å². The van der Waals surface area contributed by atoms with Crippen molar-refractivity contribution >= 4 is 17.6 Å². The van der Waals surface area contributed by atoms with Gasteiger partial charge in [-0.2, -0.15) is 0 Å². The Morgan fingerprint density at radius 1 is 1.37 bits per heavy atom. The number of carbonyl (C=O) groups excluding carboxylic acids is 2. The van der Waals surface area contributed by atoms with Gasteiger partial charge in [0.25, 0.3) is 11.8 Å². The van der Waals surface area contributed by atoms with E-state index in [9.17, 15) is 18.4 Å². The lowest BCUT2D eigenvalue weighted by Gasteiger charge is -2.44. The molecule has 1 atom stereocenters. The summed E-state index contributed by atoms with van der Waals surface area (Å²) in [6.45, 7) is 3.81. The summed E-state index contributed by atoms with van der Waals surface area (Å²) in [4.78, 5) is 24.3. The Hall–Kier alpha value is -2.55. The minimum atomic E-state index is -2.99. The Bertz CT molecular complexity index is 845. The van der Waals surface area contributed by atoms with Gasteiger partial charge in [0.05, 0.1) is 19.3 Å². The molecule has 1 aliphatic heterocycles. The Kier molecular flexibility index (Phi) is 6.12. The highest BCUT2D eigenvalue weighted by molar-refractivity contribution is 6.03. The monoisotopic (exact) mass is 423 g/mol. The van der Waals surface area contributed by atoms with Crippen molar-refractivity contribution in [1.82, 2.24) is 10.6 Å². The summed E-state index contributed by atoms with van der Waals surface area (Å²) in [5, 5.41) is 13.4. The second-order valence-electron chi connectivity index (χ2n) is 8.53. The SMILES string of the molecule is CC(=O)NC(=N)C(NC(=O)c1ccc(C2CC2)c(OCC(C)(F)F)c1)C1(C)COC1. The van der Waals surface area contributed by atoms with Crippen molar-refractivity contribution in [3.8, 4) is 5.75 Å². The summed E-state index contributed by atoms with van der Waals surface area (Å²) >= 11 is 0. The number of hydrogen-bond donors (Lipinski definition) is 3. The fourth-order valence-corrected chi connectivity index (χ4v) is 3.40. The smallest absolute Gasteiger partial charge is 0.278 e. The van der Waals surface area contributed by atoms with Crippen LogP contribution in [0.3, 0.4) is 0 Å². The molecule has 2 amide bonds. The third-order valence-corrected chi connectivity index (χ3v) is 5.21. The molecule has 1 aliphatic carbocycles. The molecule has 2 aliphatic rings. The van der Waals surface area contributed by atoms with E-state index in [2.05, 4.69) is 10.6 Å². The molecule has 3 N–H and O–H groups in total. The molecule has 3 rings (SSSR count). The molecule has 1 heterocycles. The standard InChI is InChI=1S/C21H27F2N3O4/c1-12(27)25-18(24)17(20(2)9-29-10-20)26-19(28)14-6-7-15(13-4-5-13)16(8-14)30-11-21(3,22)23/h6-8,13,17H,4-5,9-11H2,1-3H3,(H,26,28)(H2,24,25,27). The summed E-state index contributed by atoms with van der Waals surface area (Å²) in [6.07, 6.45) is 1.91. The van der Waals surface area contributed by atoms with Crippen molar-refractivity contribution in [2.24, 2.45) is 5.41 Å².